The van der Waals surface area contributed by atoms with Crippen LogP contribution in [-0.4, -0.2) is 19.9 Å². The highest BCUT2D eigenvalue weighted by molar-refractivity contribution is 5.59. The van der Waals surface area contributed by atoms with E-state index in [0.717, 1.165) is 71.4 Å². The van der Waals surface area contributed by atoms with E-state index in [1.807, 2.05) is 24.8 Å². The van der Waals surface area contributed by atoms with Gasteiger partial charge in [0, 0.05) is 23.5 Å². The van der Waals surface area contributed by atoms with Crippen molar-refractivity contribution in [3.8, 4) is 22.5 Å². The van der Waals surface area contributed by atoms with Crippen LogP contribution in [0.3, 0.4) is 0 Å². The summed E-state index contributed by atoms with van der Waals surface area (Å²) in [6.07, 6.45) is 38.9. The van der Waals surface area contributed by atoms with Gasteiger partial charge in [0.25, 0.3) is 0 Å². The molecule has 6 rings (SSSR count). The van der Waals surface area contributed by atoms with Gasteiger partial charge in [-0.1, -0.05) is 192 Å². The summed E-state index contributed by atoms with van der Waals surface area (Å²) in [6, 6.07) is 18.4. The van der Waals surface area contributed by atoms with E-state index in [2.05, 4.69) is 76.2 Å². The molecule has 2 saturated carbocycles. The lowest BCUT2D eigenvalue weighted by Gasteiger charge is -2.40. The fourth-order valence-electron chi connectivity index (χ4n) is 10.2. The lowest BCUT2D eigenvalue weighted by Crippen LogP contribution is -2.28. The first-order valence-corrected chi connectivity index (χ1v) is 24.6. The van der Waals surface area contributed by atoms with E-state index < -0.39 is 0 Å². The Bertz CT molecular complexity index is 1580. The van der Waals surface area contributed by atoms with Crippen LogP contribution in [-0.2, 0) is 17.6 Å². The first kappa shape index (κ1) is 45.1. The van der Waals surface area contributed by atoms with Crippen molar-refractivity contribution < 1.29 is 4.74 Å². The first-order chi connectivity index (χ1) is 29.1. The average molecular weight is 799 g/mol. The summed E-state index contributed by atoms with van der Waals surface area (Å²) in [4.78, 5) is 19.1. The van der Waals surface area contributed by atoms with Crippen LogP contribution < -0.4 is 0 Å². The predicted octanol–water partition coefficient (Wildman–Crippen LogP) is 15.6. The average Bonchev–Trinajstić information content (AvgIpc) is 3.28. The molecule has 59 heavy (non-hydrogen) atoms. The second kappa shape index (κ2) is 24.7. The minimum Gasteiger partial charge on any atom is -0.365 e. The van der Waals surface area contributed by atoms with Crippen LogP contribution in [0.15, 0.2) is 73.3 Å². The minimum atomic E-state index is 0.0607. The van der Waals surface area contributed by atoms with Crippen molar-refractivity contribution in [2.24, 2.45) is 23.7 Å². The number of ether oxygens (including phenoxy) is 1. The SMILES string of the molecule is CCCCCCCC1CCC(C(OC(c2ccc(-c3cnc(CCC)cn3)cc2)C2CCC(CCCCCCC)CC2)c2ccc(-c3cnc(CCC)cn3)cc2)CC1. The third-order valence-corrected chi connectivity index (χ3v) is 13.9. The van der Waals surface area contributed by atoms with Gasteiger partial charge in [-0.2, -0.15) is 0 Å². The van der Waals surface area contributed by atoms with E-state index in [1.165, 1.54) is 140 Å². The molecule has 2 aromatic carbocycles. The van der Waals surface area contributed by atoms with E-state index in [4.69, 9.17) is 24.7 Å². The fraction of sp³-hybridized carbons (Fsp3) is 0.630. The highest BCUT2D eigenvalue weighted by Gasteiger charge is 2.36. The van der Waals surface area contributed by atoms with Crippen LogP contribution in [0.5, 0.6) is 0 Å². The molecule has 5 nitrogen and oxygen atoms in total. The van der Waals surface area contributed by atoms with E-state index >= 15 is 0 Å². The molecular formula is C54H78N4O. The fourth-order valence-corrected chi connectivity index (χ4v) is 10.2. The molecule has 0 N–H and O–H groups in total. The van der Waals surface area contributed by atoms with Gasteiger partial charge in [0.2, 0.25) is 0 Å². The van der Waals surface area contributed by atoms with Crippen molar-refractivity contribution in [1.29, 1.82) is 0 Å². The number of benzene rings is 2. The number of rotatable bonds is 24. The maximum Gasteiger partial charge on any atom is 0.0885 e. The zero-order valence-electron chi connectivity index (χ0n) is 37.6. The monoisotopic (exact) mass is 799 g/mol. The standard InChI is InChI=1S/C54H78N4O/c1-5-9-11-13-15-19-41-21-25-45(26-22-41)53(47-33-29-43(30-34-47)51-39-55-49(17-7-3)37-57-51)59-54(46-27-23-42(24-28-46)20-16-14-12-10-6-2)48-35-31-44(32-36-48)52-40-56-50(18-8-4)38-58-52/h29-42,45-46,53-54H,5-28H2,1-4H3. The van der Waals surface area contributed by atoms with Gasteiger partial charge in [-0.05, 0) is 73.3 Å². The van der Waals surface area contributed by atoms with Crippen LogP contribution in [0.2, 0.25) is 0 Å². The second-order valence-corrected chi connectivity index (χ2v) is 18.5. The summed E-state index contributed by atoms with van der Waals surface area (Å²) in [6.45, 7) is 9.01. The van der Waals surface area contributed by atoms with Gasteiger partial charge in [-0.15, -0.1) is 0 Å². The number of nitrogens with zero attached hydrogens (tertiary/aromatic N) is 4. The maximum absolute atomic E-state index is 7.74. The van der Waals surface area contributed by atoms with Crippen LogP contribution >= 0.6 is 0 Å². The lowest BCUT2D eigenvalue weighted by molar-refractivity contribution is -0.0907. The van der Waals surface area contributed by atoms with Crippen molar-refractivity contribution in [2.45, 2.75) is 194 Å². The Labute approximate surface area is 359 Å². The molecule has 2 fully saturated rings. The molecule has 2 aliphatic carbocycles. The van der Waals surface area contributed by atoms with Gasteiger partial charge in [-0.25, -0.2) is 0 Å². The van der Waals surface area contributed by atoms with E-state index in [9.17, 15) is 0 Å². The Morgan fingerprint density at radius 3 is 1.17 bits per heavy atom. The van der Waals surface area contributed by atoms with Crippen LogP contribution in [0, 0.1) is 23.7 Å². The van der Waals surface area contributed by atoms with Gasteiger partial charge in [-0.3, -0.25) is 19.9 Å². The zero-order chi connectivity index (χ0) is 41.1. The maximum atomic E-state index is 7.74. The molecule has 2 aromatic heterocycles. The van der Waals surface area contributed by atoms with Crippen LogP contribution in [0.25, 0.3) is 22.5 Å². The van der Waals surface area contributed by atoms with Crippen LogP contribution in [0.4, 0.5) is 0 Å². The molecule has 320 valence electrons. The smallest absolute Gasteiger partial charge is 0.0885 e. The summed E-state index contributed by atoms with van der Waals surface area (Å²) < 4.78 is 7.74. The van der Waals surface area contributed by atoms with E-state index in [0.29, 0.717) is 11.8 Å². The van der Waals surface area contributed by atoms with Gasteiger partial charge >= 0.3 is 0 Å². The van der Waals surface area contributed by atoms with Gasteiger partial charge in [0.15, 0.2) is 0 Å². The molecule has 4 aromatic rings. The normalized spacial score (nSPS) is 20.7. The molecule has 2 aliphatic rings. The van der Waals surface area contributed by atoms with Crippen molar-refractivity contribution in [1.82, 2.24) is 19.9 Å². The molecule has 0 saturated heterocycles. The summed E-state index contributed by atoms with van der Waals surface area (Å²) in [5, 5.41) is 0. The number of unbranched alkanes of at least 4 members (excludes halogenated alkanes) is 8. The number of aromatic nitrogens is 4. The Morgan fingerprint density at radius 2 is 0.831 bits per heavy atom. The third-order valence-electron chi connectivity index (χ3n) is 13.9. The number of aryl methyl sites for hydroxylation is 2. The van der Waals surface area contributed by atoms with Crippen molar-refractivity contribution in [2.75, 3.05) is 0 Å². The summed E-state index contributed by atoms with van der Waals surface area (Å²) >= 11 is 0. The molecule has 0 amide bonds. The molecule has 2 atom stereocenters. The largest absolute Gasteiger partial charge is 0.365 e. The molecule has 2 unspecified atom stereocenters. The predicted molar refractivity (Wildman–Crippen MR) is 247 cm³/mol. The van der Waals surface area contributed by atoms with Gasteiger partial charge in [0.05, 0.1) is 47.4 Å². The van der Waals surface area contributed by atoms with Crippen molar-refractivity contribution in [3.05, 3.63) is 95.8 Å². The topological polar surface area (TPSA) is 60.8 Å². The third kappa shape index (κ3) is 13.8. The molecule has 5 heteroatoms. The quantitative estimate of drug-likeness (QED) is 0.0661. The molecular weight excluding hydrogens is 721 g/mol. The van der Waals surface area contributed by atoms with Gasteiger partial charge in [0.1, 0.15) is 0 Å². The first-order valence-electron chi connectivity index (χ1n) is 24.6. The number of hydrogen-bond acceptors (Lipinski definition) is 5. The van der Waals surface area contributed by atoms with E-state index in [1.54, 1.807) is 0 Å². The molecule has 0 aliphatic heterocycles. The zero-order valence-corrected chi connectivity index (χ0v) is 37.6. The Balaban J connectivity index is 1.24. The molecule has 0 spiro atoms. The highest BCUT2D eigenvalue weighted by Crippen LogP contribution is 2.47. The Kier molecular flexibility index (Phi) is 18.9. The summed E-state index contributed by atoms with van der Waals surface area (Å²) in [5.74, 6) is 2.77. The summed E-state index contributed by atoms with van der Waals surface area (Å²) in [7, 11) is 0. The Morgan fingerprint density at radius 1 is 0.441 bits per heavy atom. The molecule has 0 radical (unpaired) electrons. The Hall–Kier alpha value is -3.44. The van der Waals surface area contributed by atoms with Crippen molar-refractivity contribution >= 4 is 0 Å². The van der Waals surface area contributed by atoms with Crippen molar-refractivity contribution in [3.63, 3.8) is 0 Å². The minimum absolute atomic E-state index is 0.0607. The van der Waals surface area contributed by atoms with E-state index in [-0.39, 0.29) is 12.2 Å². The van der Waals surface area contributed by atoms with Crippen LogP contribution in [0.1, 0.15) is 204 Å². The van der Waals surface area contributed by atoms with Gasteiger partial charge < -0.3 is 4.74 Å². The molecule has 2 heterocycles. The summed E-state index contributed by atoms with van der Waals surface area (Å²) in [5.41, 5.74) is 8.90. The lowest BCUT2D eigenvalue weighted by atomic mass is 9.74. The molecule has 0 bridgehead atoms. The highest BCUT2D eigenvalue weighted by atomic mass is 16.5. The number of hydrogen-bond donors (Lipinski definition) is 0. The second-order valence-electron chi connectivity index (χ2n) is 18.5.